The van der Waals surface area contributed by atoms with Crippen LogP contribution in [0.25, 0.3) is 0 Å². The van der Waals surface area contributed by atoms with Crippen molar-refractivity contribution < 1.29 is 0 Å². The zero-order valence-corrected chi connectivity index (χ0v) is 9.97. The second kappa shape index (κ2) is 6.92. The van der Waals surface area contributed by atoms with Gasteiger partial charge < -0.3 is 10.6 Å². The van der Waals surface area contributed by atoms with E-state index in [1.807, 2.05) is 6.20 Å². The molecule has 78 valence electrons. The van der Waals surface area contributed by atoms with Crippen LogP contribution in [0.2, 0.25) is 0 Å². The fourth-order valence-electron chi connectivity index (χ4n) is 1.14. The molecule has 0 saturated heterocycles. The molecule has 0 aliphatic heterocycles. The van der Waals surface area contributed by atoms with E-state index in [1.165, 1.54) is 5.56 Å². The van der Waals surface area contributed by atoms with Crippen molar-refractivity contribution in [2.24, 2.45) is 0 Å². The lowest BCUT2D eigenvalue weighted by atomic mass is 10.3. The lowest BCUT2D eigenvalue weighted by Crippen LogP contribution is -2.26. The van der Waals surface area contributed by atoms with Crippen LogP contribution in [0.3, 0.4) is 0 Å². The van der Waals surface area contributed by atoms with E-state index < -0.39 is 0 Å². The molecule has 14 heavy (non-hydrogen) atoms. The Morgan fingerprint density at radius 2 is 2.07 bits per heavy atom. The van der Waals surface area contributed by atoms with E-state index in [0.717, 1.165) is 30.7 Å². The summed E-state index contributed by atoms with van der Waals surface area (Å²) in [5.74, 6) is 0. The van der Waals surface area contributed by atoms with Gasteiger partial charge in [0.25, 0.3) is 0 Å². The van der Waals surface area contributed by atoms with Crippen LogP contribution < -0.4 is 10.6 Å². The minimum absolute atomic E-state index is 0.873. The largest absolute Gasteiger partial charge is 0.316 e. The van der Waals surface area contributed by atoms with Gasteiger partial charge in [-0.2, -0.15) is 0 Å². The number of rotatable bonds is 6. The van der Waals surface area contributed by atoms with E-state index in [0.29, 0.717) is 0 Å². The van der Waals surface area contributed by atoms with Gasteiger partial charge in [0.1, 0.15) is 0 Å². The first-order valence-corrected chi connectivity index (χ1v) is 5.63. The molecule has 0 aliphatic carbocycles. The van der Waals surface area contributed by atoms with Gasteiger partial charge >= 0.3 is 0 Å². The van der Waals surface area contributed by atoms with Crippen molar-refractivity contribution >= 4 is 15.9 Å². The Morgan fingerprint density at radius 3 is 2.79 bits per heavy atom. The van der Waals surface area contributed by atoms with E-state index in [2.05, 4.69) is 44.5 Å². The topological polar surface area (TPSA) is 37.0 Å². The Labute approximate surface area is 93.4 Å². The van der Waals surface area contributed by atoms with Gasteiger partial charge in [0.15, 0.2) is 0 Å². The van der Waals surface area contributed by atoms with Gasteiger partial charge in [-0.25, -0.2) is 0 Å². The van der Waals surface area contributed by atoms with E-state index in [9.17, 15) is 0 Å². The summed E-state index contributed by atoms with van der Waals surface area (Å²) >= 11 is 3.39. The third-order valence-corrected chi connectivity index (χ3v) is 2.25. The molecule has 3 nitrogen and oxygen atoms in total. The summed E-state index contributed by atoms with van der Waals surface area (Å²) in [4.78, 5) is 4.10. The van der Waals surface area contributed by atoms with Gasteiger partial charge in [0.05, 0.1) is 0 Å². The average Bonchev–Trinajstić information content (AvgIpc) is 2.18. The highest BCUT2D eigenvalue weighted by atomic mass is 79.9. The van der Waals surface area contributed by atoms with Gasteiger partial charge in [0.2, 0.25) is 0 Å². The average molecular weight is 258 g/mol. The van der Waals surface area contributed by atoms with Crippen molar-refractivity contribution in [3.63, 3.8) is 0 Å². The third-order valence-electron chi connectivity index (χ3n) is 1.82. The van der Waals surface area contributed by atoms with Crippen LogP contribution in [0.15, 0.2) is 22.9 Å². The van der Waals surface area contributed by atoms with Gasteiger partial charge in [0, 0.05) is 36.5 Å². The second-order valence-corrected chi connectivity index (χ2v) is 3.96. The van der Waals surface area contributed by atoms with E-state index >= 15 is 0 Å². The number of halogens is 1. The molecular weight excluding hydrogens is 242 g/mol. The van der Waals surface area contributed by atoms with Crippen LogP contribution in [0.5, 0.6) is 0 Å². The first-order chi connectivity index (χ1) is 6.83. The molecule has 0 radical (unpaired) electrons. The predicted molar refractivity (Wildman–Crippen MR) is 62.2 cm³/mol. The maximum absolute atomic E-state index is 4.10. The molecule has 1 rings (SSSR count). The number of aromatic nitrogens is 1. The molecule has 1 aromatic rings. The number of pyridine rings is 1. The maximum atomic E-state index is 4.10. The van der Waals surface area contributed by atoms with Crippen LogP contribution in [-0.4, -0.2) is 24.6 Å². The highest BCUT2D eigenvalue weighted by molar-refractivity contribution is 9.10. The SMILES string of the molecule is CCNCCNCc1cncc(Br)c1. The van der Waals surface area contributed by atoms with E-state index in [4.69, 9.17) is 0 Å². The van der Waals surface area contributed by atoms with Crippen molar-refractivity contribution in [3.8, 4) is 0 Å². The van der Waals surface area contributed by atoms with Crippen LogP contribution in [-0.2, 0) is 6.54 Å². The van der Waals surface area contributed by atoms with Gasteiger partial charge in [-0.05, 0) is 34.1 Å². The van der Waals surface area contributed by atoms with Gasteiger partial charge in [-0.15, -0.1) is 0 Å². The van der Waals surface area contributed by atoms with Crippen LogP contribution >= 0.6 is 15.9 Å². The molecule has 0 fully saturated rings. The van der Waals surface area contributed by atoms with E-state index in [-0.39, 0.29) is 0 Å². The lowest BCUT2D eigenvalue weighted by Gasteiger charge is -2.05. The standard InChI is InChI=1S/C10H16BrN3/c1-2-12-3-4-13-6-9-5-10(11)8-14-7-9/h5,7-8,12-13H,2-4,6H2,1H3. The number of hydrogen-bond acceptors (Lipinski definition) is 3. The van der Waals surface area contributed by atoms with Crippen LogP contribution in [0.1, 0.15) is 12.5 Å². The van der Waals surface area contributed by atoms with E-state index in [1.54, 1.807) is 6.20 Å². The minimum Gasteiger partial charge on any atom is -0.316 e. The second-order valence-electron chi connectivity index (χ2n) is 3.04. The zero-order valence-electron chi connectivity index (χ0n) is 8.39. The molecule has 0 atom stereocenters. The van der Waals surface area contributed by atoms with Crippen molar-refractivity contribution in [1.29, 1.82) is 0 Å². The molecule has 4 heteroatoms. The van der Waals surface area contributed by atoms with Gasteiger partial charge in [-0.3, -0.25) is 4.98 Å². The summed E-state index contributed by atoms with van der Waals surface area (Å²) in [6, 6.07) is 2.08. The smallest absolute Gasteiger partial charge is 0.0410 e. The summed E-state index contributed by atoms with van der Waals surface area (Å²) in [6.07, 6.45) is 3.67. The summed E-state index contributed by atoms with van der Waals surface area (Å²) in [7, 11) is 0. The molecule has 1 aromatic heterocycles. The summed E-state index contributed by atoms with van der Waals surface area (Å²) in [5, 5.41) is 6.60. The molecule has 0 aliphatic rings. The molecule has 1 heterocycles. The molecule has 0 spiro atoms. The molecule has 0 aromatic carbocycles. The molecule has 0 unspecified atom stereocenters. The summed E-state index contributed by atoms with van der Waals surface area (Å²) in [5.41, 5.74) is 1.20. The first kappa shape index (κ1) is 11.6. The van der Waals surface area contributed by atoms with Crippen molar-refractivity contribution in [2.45, 2.75) is 13.5 Å². The Balaban J connectivity index is 2.18. The van der Waals surface area contributed by atoms with Crippen molar-refractivity contribution in [1.82, 2.24) is 15.6 Å². The molecule has 0 amide bonds. The minimum atomic E-state index is 0.873. The first-order valence-electron chi connectivity index (χ1n) is 4.83. The van der Waals surface area contributed by atoms with Crippen LogP contribution in [0, 0.1) is 0 Å². The normalized spacial score (nSPS) is 10.4. The zero-order chi connectivity index (χ0) is 10.2. The predicted octanol–water partition coefficient (Wildman–Crippen LogP) is 1.54. The monoisotopic (exact) mass is 257 g/mol. The lowest BCUT2D eigenvalue weighted by molar-refractivity contribution is 0.624. The Hall–Kier alpha value is -0.450. The number of hydrogen-bond donors (Lipinski definition) is 2. The van der Waals surface area contributed by atoms with Crippen molar-refractivity contribution in [3.05, 3.63) is 28.5 Å². The highest BCUT2D eigenvalue weighted by Crippen LogP contribution is 2.08. The number of likely N-dealkylation sites (N-methyl/N-ethyl adjacent to an activating group) is 1. The third kappa shape index (κ3) is 4.69. The Morgan fingerprint density at radius 1 is 1.29 bits per heavy atom. The summed E-state index contributed by atoms with van der Waals surface area (Å²) < 4.78 is 1.03. The van der Waals surface area contributed by atoms with Crippen molar-refractivity contribution in [2.75, 3.05) is 19.6 Å². The molecule has 0 bridgehead atoms. The molecular formula is C10H16BrN3. The maximum Gasteiger partial charge on any atom is 0.0410 e. The van der Waals surface area contributed by atoms with Crippen LogP contribution in [0.4, 0.5) is 0 Å². The Bertz CT molecular complexity index is 265. The highest BCUT2D eigenvalue weighted by Gasteiger charge is 1.93. The summed E-state index contributed by atoms with van der Waals surface area (Å²) in [6.45, 7) is 6.01. The fraction of sp³-hybridized carbons (Fsp3) is 0.500. The quantitative estimate of drug-likeness (QED) is 0.760. The number of nitrogens with zero attached hydrogens (tertiary/aromatic N) is 1. The Kier molecular flexibility index (Phi) is 5.75. The number of nitrogens with one attached hydrogen (secondary N) is 2. The van der Waals surface area contributed by atoms with Gasteiger partial charge in [-0.1, -0.05) is 6.92 Å². The fourth-order valence-corrected chi connectivity index (χ4v) is 1.55. The molecule has 0 saturated carbocycles. The molecule has 2 N–H and O–H groups in total.